The van der Waals surface area contributed by atoms with E-state index >= 15 is 0 Å². The Labute approximate surface area is 108 Å². The van der Waals surface area contributed by atoms with Crippen LogP contribution < -0.4 is 10.6 Å². The molecule has 2 N–H and O–H groups in total. The number of thiazole rings is 1. The quantitative estimate of drug-likeness (QED) is 0.658. The van der Waals surface area contributed by atoms with Gasteiger partial charge in [-0.05, 0) is 33.4 Å². The van der Waals surface area contributed by atoms with Crippen molar-refractivity contribution in [3.8, 4) is 0 Å². The molecule has 17 heavy (non-hydrogen) atoms. The van der Waals surface area contributed by atoms with Gasteiger partial charge in [-0.15, -0.1) is 11.3 Å². The third kappa shape index (κ3) is 6.12. The van der Waals surface area contributed by atoms with Crippen LogP contribution in [0.2, 0.25) is 0 Å². The summed E-state index contributed by atoms with van der Waals surface area (Å²) < 4.78 is 4.96. The normalized spacial score (nSPS) is 11.0. The molecule has 0 fully saturated rings. The van der Waals surface area contributed by atoms with Crippen LogP contribution in [-0.4, -0.2) is 38.3 Å². The standard InChI is InChI=1S/C12H23N3OS/c1-10-12(17-11(2)15-10)9-14-6-4-5-13-7-8-16-3/h13-14H,4-9H2,1-3H3. The second-order valence-corrected chi connectivity index (χ2v) is 5.30. The fourth-order valence-electron chi connectivity index (χ4n) is 1.58. The van der Waals surface area contributed by atoms with Crippen molar-refractivity contribution in [1.29, 1.82) is 0 Å². The Morgan fingerprint density at radius 2 is 1.94 bits per heavy atom. The van der Waals surface area contributed by atoms with Gasteiger partial charge in [0, 0.05) is 25.1 Å². The Hall–Kier alpha value is -0.490. The summed E-state index contributed by atoms with van der Waals surface area (Å²) in [5, 5.41) is 7.92. The summed E-state index contributed by atoms with van der Waals surface area (Å²) in [5.74, 6) is 0. The molecule has 1 aromatic rings. The number of nitrogens with one attached hydrogen (secondary N) is 2. The monoisotopic (exact) mass is 257 g/mol. The molecule has 1 heterocycles. The van der Waals surface area contributed by atoms with Crippen LogP contribution in [0.5, 0.6) is 0 Å². The summed E-state index contributed by atoms with van der Waals surface area (Å²) in [5.41, 5.74) is 1.17. The molecule has 0 unspecified atom stereocenters. The molecule has 0 bridgehead atoms. The van der Waals surface area contributed by atoms with Gasteiger partial charge in [-0.1, -0.05) is 0 Å². The number of aryl methyl sites for hydroxylation is 2. The van der Waals surface area contributed by atoms with Crippen molar-refractivity contribution >= 4 is 11.3 Å². The van der Waals surface area contributed by atoms with Crippen molar-refractivity contribution in [3.05, 3.63) is 15.6 Å². The van der Waals surface area contributed by atoms with Gasteiger partial charge in [-0.25, -0.2) is 4.98 Å². The molecule has 0 saturated carbocycles. The van der Waals surface area contributed by atoms with Crippen molar-refractivity contribution in [2.75, 3.05) is 33.4 Å². The summed E-state index contributed by atoms with van der Waals surface area (Å²) >= 11 is 1.78. The Bertz CT molecular complexity index is 315. The van der Waals surface area contributed by atoms with Crippen molar-refractivity contribution in [3.63, 3.8) is 0 Å². The van der Waals surface area contributed by atoms with Crippen LogP contribution >= 0.6 is 11.3 Å². The number of rotatable bonds is 9. The zero-order valence-corrected chi connectivity index (χ0v) is 11.8. The molecule has 0 spiro atoms. The minimum Gasteiger partial charge on any atom is -0.383 e. The number of aromatic nitrogens is 1. The second kappa shape index (κ2) is 8.58. The van der Waals surface area contributed by atoms with Gasteiger partial charge in [-0.2, -0.15) is 0 Å². The highest BCUT2D eigenvalue weighted by Crippen LogP contribution is 2.16. The molecular weight excluding hydrogens is 234 g/mol. The molecule has 0 aliphatic carbocycles. The smallest absolute Gasteiger partial charge is 0.0900 e. The Kier molecular flexibility index (Phi) is 7.35. The van der Waals surface area contributed by atoms with E-state index in [-0.39, 0.29) is 0 Å². The van der Waals surface area contributed by atoms with Gasteiger partial charge < -0.3 is 15.4 Å². The number of hydrogen-bond donors (Lipinski definition) is 2. The molecule has 0 saturated heterocycles. The van der Waals surface area contributed by atoms with E-state index < -0.39 is 0 Å². The molecule has 0 amide bonds. The van der Waals surface area contributed by atoms with E-state index in [1.54, 1.807) is 18.4 Å². The van der Waals surface area contributed by atoms with Crippen molar-refractivity contribution in [2.24, 2.45) is 0 Å². The summed E-state index contributed by atoms with van der Waals surface area (Å²) in [7, 11) is 1.72. The second-order valence-electron chi connectivity index (χ2n) is 4.01. The maximum Gasteiger partial charge on any atom is 0.0900 e. The lowest BCUT2D eigenvalue weighted by Crippen LogP contribution is -2.24. The number of nitrogens with zero attached hydrogens (tertiary/aromatic N) is 1. The highest BCUT2D eigenvalue weighted by atomic mass is 32.1. The molecule has 1 aromatic heterocycles. The summed E-state index contributed by atoms with van der Waals surface area (Å²) in [4.78, 5) is 5.77. The van der Waals surface area contributed by atoms with E-state index in [2.05, 4.69) is 29.5 Å². The summed E-state index contributed by atoms with van der Waals surface area (Å²) in [6.45, 7) is 8.87. The average Bonchev–Trinajstić information content (AvgIpc) is 2.61. The molecule has 1 rings (SSSR count). The van der Waals surface area contributed by atoms with E-state index in [0.29, 0.717) is 0 Å². The van der Waals surface area contributed by atoms with E-state index in [1.165, 1.54) is 10.6 Å². The van der Waals surface area contributed by atoms with Gasteiger partial charge in [0.25, 0.3) is 0 Å². The van der Waals surface area contributed by atoms with Crippen LogP contribution in [0.15, 0.2) is 0 Å². The van der Waals surface area contributed by atoms with Crippen LogP contribution in [0.25, 0.3) is 0 Å². The largest absolute Gasteiger partial charge is 0.383 e. The molecule has 0 aliphatic heterocycles. The topological polar surface area (TPSA) is 46.2 Å². The zero-order valence-electron chi connectivity index (χ0n) is 11.0. The van der Waals surface area contributed by atoms with Gasteiger partial charge in [0.05, 0.1) is 17.3 Å². The van der Waals surface area contributed by atoms with Gasteiger partial charge in [0.2, 0.25) is 0 Å². The van der Waals surface area contributed by atoms with Gasteiger partial charge >= 0.3 is 0 Å². The highest BCUT2D eigenvalue weighted by Gasteiger charge is 2.03. The van der Waals surface area contributed by atoms with Crippen LogP contribution in [0.3, 0.4) is 0 Å². The van der Waals surface area contributed by atoms with E-state index in [4.69, 9.17) is 4.74 Å². The first-order valence-corrected chi connectivity index (χ1v) is 6.89. The van der Waals surface area contributed by atoms with Gasteiger partial charge in [0.1, 0.15) is 0 Å². The highest BCUT2D eigenvalue weighted by molar-refractivity contribution is 7.11. The fraction of sp³-hybridized carbons (Fsp3) is 0.750. The fourth-order valence-corrected chi connectivity index (χ4v) is 2.48. The van der Waals surface area contributed by atoms with Crippen LogP contribution in [0.1, 0.15) is 22.0 Å². The predicted octanol–water partition coefficient (Wildman–Crippen LogP) is 1.48. The minimum absolute atomic E-state index is 0.784. The number of methoxy groups -OCH3 is 1. The molecule has 5 heteroatoms. The summed E-state index contributed by atoms with van der Waals surface area (Å²) in [6, 6.07) is 0. The molecule has 0 aliphatic rings. The Morgan fingerprint density at radius 1 is 1.18 bits per heavy atom. The van der Waals surface area contributed by atoms with Gasteiger partial charge in [-0.3, -0.25) is 0 Å². The number of hydrogen-bond acceptors (Lipinski definition) is 5. The minimum atomic E-state index is 0.784. The zero-order chi connectivity index (χ0) is 12.5. The molecule has 4 nitrogen and oxygen atoms in total. The lowest BCUT2D eigenvalue weighted by Gasteiger charge is -2.05. The lowest BCUT2D eigenvalue weighted by atomic mass is 10.3. The van der Waals surface area contributed by atoms with Crippen molar-refractivity contribution < 1.29 is 4.74 Å². The predicted molar refractivity (Wildman–Crippen MR) is 72.7 cm³/mol. The van der Waals surface area contributed by atoms with Crippen LogP contribution in [-0.2, 0) is 11.3 Å². The average molecular weight is 257 g/mol. The van der Waals surface area contributed by atoms with Crippen molar-refractivity contribution in [1.82, 2.24) is 15.6 Å². The van der Waals surface area contributed by atoms with E-state index in [1.807, 2.05) is 0 Å². The molecule has 0 radical (unpaired) electrons. The van der Waals surface area contributed by atoms with Crippen LogP contribution in [0.4, 0.5) is 0 Å². The summed E-state index contributed by atoms with van der Waals surface area (Å²) in [6.07, 6.45) is 1.14. The maximum absolute atomic E-state index is 4.96. The first-order chi connectivity index (χ1) is 8.24. The van der Waals surface area contributed by atoms with E-state index in [0.717, 1.165) is 44.2 Å². The molecule has 98 valence electrons. The SMILES string of the molecule is COCCNCCCNCc1sc(C)nc1C. The lowest BCUT2D eigenvalue weighted by molar-refractivity contribution is 0.199. The first-order valence-electron chi connectivity index (χ1n) is 6.07. The van der Waals surface area contributed by atoms with E-state index in [9.17, 15) is 0 Å². The first kappa shape index (κ1) is 14.6. The third-order valence-corrected chi connectivity index (χ3v) is 3.55. The third-order valence-electron chi connectivity index (χ3n) is 2.48. The Morgan fingerprint density at radius 3 is 2.59 bits per heavy atom. The van der Waals surface area contributed by atoms with Gasteiger partial charge in [0.15, 0.2) is 0 Å². The van der Waals surface area contributed by atoms with Crippen molar-refractivity contribution in [2.45, 2.75) is 26.8 Å². The maximum atomic E-state index is 4.96. The molecule has 0 aromatic carbocycles. The Balaban J connectivity index is 1.99. The van der Waals surface area contributed by atoms with Crippen LogP contribution in [0, 0.1) is 13.8 Å². The molecule has 0 atom stereocenters. The molecular formula is C12H23N3OS. The number of ether oxygens (including phenoxy) is 1.